The van der Waals surface area contributed by atoms with Gasteiger partial charge in [-0.2, -0.15) is 0 Å². The molecule has 4 nitrogen and oxygen atoms in total. The molecule has 4 heteroatoms. The molecular weight excluding hydrogens is 232 g/mol. The van der Waals surface area contributed by atoms with E-state index in [0.717, 1.165) is 17.1 Å². The third kappa shape index (κ3) is 1.95. The van der Waals surface area contributed by atoms with Crippen LogP contribution in [-0.4, -0.2) is 19.5 Å². The van der Waals surface area contributed by atoms with E-state index in [-0.39, 0.29) is 24.6 Å². The zero-order chi connectivity index (χ0) is 12.8. The maximum absolute atomic E-state index is 5.93. The number of hydrogen-bond acceptors (Lipinski definition) is 4. The second-order valence-electron chi connectivity index (χ2n) is 5.52. The molecule has 0 saturated carbocycles. The summed E-state index contributed by atoms with van der Waals surface area (Å²) in [6.07, 6.45) is -0.163. The number of benzene rings is 1. The number of ether oxygens (including phenoxy) is 4. The lowest BCUT2D eigenvalue weighted by Gasteiger charge is -2.40. The van der Waals surface area contributed by atoms with Crippen LogP contribution in [-0.2, 0) is 9.47 Å². The fraction of sp³-hybridized carbons (Fsp3) is 0.571. The molecule has 2 aliphatic heterocycles. The van der Waals surface area contributed by atoms with Crippen molar-refractivity contribution in [3.63, 3.8) is 0 Å². The molecule has 0 spiro atoms. The summed E-state index contributed by atoms with van der Waals surface area (Å²) in [5.74, 6) is 1.54. The molecule has 2 atom stereocenters. The first-order valence-electron chi connectivity index (χ1n) is 6.23. The highest BCUT2D eigenvalue weighted by atomic mass is 16.7. The molecule has 1 aromatic carbocycles. The predicted octanol–water partition coefficient (Wildman–Crippen LogP) is 2.88. The maximum Gasteiger partial charge on any atom is 0.231 e. The number of hydrogen-bond donors (Lipinski definition) is 0. The monoisotopic (exact) mass is 250 g/mol. The SMILES string of the molecule is C[C@@H]1O[C@@H](c2ccc3c(c2)OCO3)OCC1(C)C. The van der Waals surface area contributed by atoms with Crippen LogP contribution in [0.2, 0.25) is 0 Å². The molecule has 1 saturated heterocycles. The maximum atomic E-state index is 5.93. The smallest absolute Gasteiger partial charge is 0.231 e. The molecule has 2 heterocycles. The Morgan fingerprint density at radius 2 is 1.94 bits per heavy atom. The standard InChI is InChI=1S/C14H18O4/c1-9-14(2,3)7-15-13(18-9)10-4-5-11-12(6-10)17-8-16-11/h4-6,9,13H,7-8H2,1-3H3/t9-,13-/m0/s1. The summed E-state index contributed by atoms with van der Waals surface area (Å²) in [4.78, 5) is 0. The van der Waals surface area contributed by atoms with Gasteiger partial charge in [0.25, 0.3) is 0 Å². The van der Waals surface area contributed by atoms with Gasteiger partial charge in [-0.25, -0.2) is 0 Å². The van der Waals surface area contributed by atoms with Gasteiger partial charge in [-0.05, 0) is 25.1 Å². The fourth-order valence-corrected chi connectivity index (χ4v) is 2.05. The van der Waals surface area contributed by atoms with Gasteiger partial charge in [0.15, 0.2) is 17.8 Å². The Morgan fingerprint density at radius 3 is 2.72 bits per heavy atom. The minimum absolute atomic E-state index is 0.0485. The van der Waals surface area contributed by atoms with E-state index in [4.69, 9.17) is 18.9 Å². The first-order chi connectivity index (χ1) is 8.56. The van der Waals surface area contributed by atoms with Crippen molar-refractivity contribution in [3.8, 4) is 11.5 Å². The highest BCUT2D eigenvalue weighted by Crippen LogP contribution is 2.39. The van der Waals surface area contributed by atoms with Crippen molar-refractivity contribution in [2.45, 2.75) is 33.2 Å². The first kappa shape index (κ1) is 11.8. The van der Waals surface area contributed by atoms with E-state index in [2.05, 4.69) is 20.8 Å². The van der Waals surface area contributed by atoms with Crippen LogP contribution in [0.4, 0.5) is 0 Å². The highest BCUT2D eigenvalue weighted by molar-refractivity contribution is 5.44. The molecule has 0 amide bonds. The molecule has 0 bridgehead atoms. The van der Waals surface area contributed by atoms with Crippen LogP contribution in [0, 0.1) is 5.41 Å². The topological polar surface area (TPSA) is 36.9 Å². The molecule has 0 aromatic heterocycles. The summed E-state index contributed by atoms with van der Waals surface area (Å²) < 4.78 is 22.4. The molecule has 0 N–H and O–H groups in total. The van der Waals surface area contributed by atoms with Crippen LogP contribution in [0.15, 0.2) is 18.2 Å². The molecule has 1 fully saturated rings. The lowest BCUT2D eigenvalue weighted by atomic mass is 9.87. The molecule has 18 heavy (non-hydrogen) atoms. The van der Waals surface area contributed by atoms with Gasteiger partial charge in [0.2, 0.25) is 6.79 Å². The molecule has 1 aromatic rings. The van der Waals surface area contributed by atoms with Crippen LogP contribution in [0.1, 0.15) is 32.6 Å². The van der Waals surface area contributed by atoms with Crippen molar-refractivity contribution in [1.82, 2.24) is 0 Å². The number of rotatable bonds is 1. The summed E-state index contributed by atoms with van der Waals surface area (Å²) in [6.45, 7) is 7.35. The quantitative estimate of drug-likeness (QED) is 0.768. The molecule has 0 aliphatic carbocycles. The zero-order valence-corrected chi connectivity index (χ0v) is 10.9. The Balaban J connectivity index is 1.80. The van der Waals surface area contributed by atoms with E-state index in [0.29, 0.717) is 6.61 Å². The van der Waals surface area contributed by atoms with Crippen molar-refractivity contribution < 1.29 is 18.9 Å². The van der Waals surface area contributed by atoms with Crippen molar-refractivity contribution in [1.29, 1.82) is 0 Å². The normalized spacial score (nSPS) is 29.3. The van der Waals surface area contributed by atoms with Gasteiger partial charge in [0, 0.05) is 11.0 Å². The Labute approximate surface area is 107 Å². The van der Waals surface area contributed by atoms with E-state index in [9.17, 15) is 0 Å². The lowest BCUT2D eigenvalue weighted by molar-refractivity contribution is -0.259. The van der Waals surface area contributed by atoms with Gasteiger partial charge in [0.1, 0.15) is 0 Å². The lowest BCUT2D eigenvalue weighted by Crippen LogP contribution is -2.40. The van der Waals surface area contributed by atoms with Crippen molar-refractivity contribution in [3.05, 3.63) is 23.8 Å². The summed E-state index contributed by atoms with van der Waals surface area (Å²) in [5, 5.41) is 0. The Hall–Kier alpha value is -1.26. The van der Waals surface area contributed by atoms with Crippen molar-refractivity contribution >= 4 is 0 Å². The number of fused-ring (bicyclic) bond motifs is 1. The van der Waals surface area contributed by atoms with E-state index in [1.54, 1.807) is 0 Å². The van der Waals surface area contributed by atoms with Gasteiger partial charge < -0.3 is 18.9 Å². The highest BCUT2D eigenvalue weighted by Gasteiger charge is 2.36. The molecular formula is C14H18O4. The second-order valence-corrected chi connectivity index (χ2v) is 5.52. The fourth-order valence-electron chi connectivity index (χ4n) is 2.05. The predicted molar refractivity (Wildman–Crippen MR) is 65.6 cm³/mol. The zero-order valence-electron chi connectivity index (χ0n) is 10.9. The molecule has 0 unspecified atom stereocenters. The van der Waals surface area contributed by atoms with Gasteiger partial charge in [-0.15, -0.1) is 0 Å². The van der Waals surface area contributed by atoms with Crippen molar-refractivity contribution in [2.24, 2.45) is 5.41 Å². The summed E-state index contributed by atoms with van der Waals surface area (Å²) in [7, 11) is 0. The average molecular weight is 250 g/mol. The van der Waals surface area contributed by atoms with E-state index < -0.39 is 0 Å². The molecule has 0 radical (unpaired) electrons. The Morgan fingerprint density at radius 1 is 1.17 bits per heavy atom. The van der Waals surface area contributed by atoms with Crippen LogP contribution >= 0.6 is 0 Å². The summed E-state index contributed by atoms with van der Waals surface area (Å²) in [5.41, 5.74) is 1.02. The van der Waals surface area contributed by atoms with Crippen molar-refractivity contribution in [2.75, 3.05) is 13.4 Å². The minimum Gasteiger partial charge on any atom is -0.454 e. The minimum atomic E-state index is -0.317. The largest absolute Gasteiger partial charge is 0.454 e. The second kappa shape index (κ2) is 4.14. The van der Waals surface area contributed by atoms with Gasteiger partial charge in [0.05, 0.1) is 12.7 Å². The van der Waals surface area contributed by atoms with Crippen LogP contribution in [0.25, 0.3) is 0 Å². The van der Waals surface area contributed by atoms with E-state index in [1.807, 2.05) is 18.2 Å². The van der Waals surface area contributed by atoms with Crippen LogP contribution < -0.4 is 9.47 Å². The molecule has 98 valence electrons. The summed E-state index contributed by atoms with van der Waals surface area (Å²) in [6, 6.07) is 5.79. The third-order valence-electron chi connectivity index (χ3n) is 3.70. The average Bonchev–Trinajstić information content (AvgIpc) is 2.79. The first-order valence-corrected chi connectivity index (χ1v) is 6.23. The molecule has 3 rings (SSSR count). The van der Waals surface area contributed by atoms with Gasteiger partial charge >= 0.3 is 0 Å². The van der Waals surface area contributed by atoms with Gasteiger partial charge in [-0.1, -0.05) is 13.8 Å². The summed E-state index contributed by atoms with van der Waals surface area (Å²) >= 11 is 0. The third-order valence-corrected chi connectivity index (χ3v) is 3.70. The van der Waals surface area contributed by atoms with Crippen LogP contribution in [0.3, 0.4) is 0 Å². The molecule has 2 aliphatic rings. The van der Waals surface area contributed by atoms with Crippen LogP contribution in [0.5, 0.6) is 11.5 Å². The van der Waals surface area contributed by atoms with E-state index >= 15 is 0 Å². The van der Waals surface area contributed by atoms with Gasteiger partial charge in [-0.3, -0.25) is 0 Å². The van der Waals surface area contributed by atoms with E-state index in [1.165, 1.54) is 0 Å². The Bertz CT molecular complexity index is 455. The Kier molecular flexibility index (Phi) is 2.72.